The van der Waals surface area contributed by atoms with Crippen LogP contribution in [0.1, 0.15) is 79.6 Å². The Labute approximate surface area is 164 Å². The van der Waals surface area contributed by atoms with Crippen LogP contribution in [0.4, 0.5) is 0 Å². The number of carbonyl (C=O) groups is 2. The highest BCUT2D eigenvalue weighted by atomic mass is 16.5. The van der Waals surface area contributed by atoms with Crippen molar-refractivity contribution in [2.45, 2.75) is 79.6 Å². The zero-order valence-electron chi connectivity index (χ0n) is 17.6. The average molecular weight is 377 g/mol. The van der Waals surface area contributed by atoms with Crippen LogP contribution in [0.25, 0.3) is 0 Å². The van der Waals surface area contributed by atoms with Gasteiger partial charge in [0.25, 0.3) is 0 Å². The van der Waals surface area contributed by atoms with E-state index in [1.165, 1.54) is 11.1 Å². The van der Waals surface area contributed by atoms with Gasteiger partial charge < -0.3 is 9.84 Å². The summed E-state index contributed by atoms with van der Waals surface area (Å²) in [4.78, 5) is 23.3. The Hall–Kier alpha value is -1.58. The molecule has 152 valence electrons. The first-order valence-electron chi connectivity index (χ1n) is 10.4. The van der Waals surface area contributed by atoms with Crippen LogP contribution in [-0.4, -0.2) is 23.7 Å². The number of aliphatic carboxylic acids is 1. The molecular formula is C23H36O4. The lowest BCUT2D eigenvalue weighted by atomic mass is 9.51. The van der Waals surface area contributed by atoms with Gasteiger partial charge in [-0.25, -0.2) is 0 Å². The standard InChI is InChI=1S/C23H36O4/c1-6-20(24)27-15-12-16(2)11-14-22(4)17(3)9-10-19-18(22)8-7-13-23(19,5)21(25)26/h8,12,17,19H,6-7,9-11,13-15H2,1-5H3,(H,25,26). The highest BCUT2D eigenvalue weighted by molar-refractivity contribution is 5.75. The fourth-order valence-corrected chi connectivity index (χ4v) is 4.90. The van der Waals surface area contributed by atoms with Crippen molar-refractivity contribution in [3.8, 4) is 0 Å². The van der Waals surface area contributed by atoms with Crippen molar-refractivity contribution in [1.29, 1.82) is 0 Å². The molecule has 4 atom stereocenters. The molecule has 4 heteroatoms. The van der Waals surface area contributed by atoms with Crippen LogP contribution in [0.15, 0.2) is 23.3 Å². The molecule has 0 aromatic carbocycles. The van der Waals surface area contributed by atoms with E-state index < -0.39 is 11.4 Å². The average Bonchev–Trinajstić information content (AvgIpc) is 2.63. The molecule has 27 heavy (non-hydrogen) atoms. The number of carbonyl (C=O) groups excluding carboxylic acids is 1. The number of hydrogen-bond acceptors (Lipinski definition) is 3. The van der Waals surface area contributed by atoms with Crippen molar-refractivity contribution in [2.24, 2.45) is 22.7 Å². The molecular weight excluding hydrogens is 340 g/mol. The largest absolute Gasteiger partial charge is 0.481 e. The lowest BCUT2D eigenvalue weighted by Gasteiger charge is -2.52. The first-order chi connectivity index (χ1) is 12.6. The van der Waals surface area contributed by atoms with E-state index in [4.69, 9.17) is 4.74 Å². The number of hydrogen-bond donors (Lipinski definition) is 1. The smallest absolute Gasteiger partial charge is 0.309 e. The van der Waals surface area contributed by atoms with Gasteiger partial charge in [-0.3, -0.25) is 9.59 Å². The van der Waals surface area contributed by atoms with Crippen LogP contribution >= 0.6 is 0 Å². The molecule has 0 aromatic rings. The van der Waals surface area contributed by atoms with Crippen LogP contribution in [0.2, 0.25) is 0 Å². The number of rotatable bonds is 7. The van der Waals surface area contributed by atoms with Crippen molar-refractivity contribution < 1.29 is 19.4 Å². The maximum Gasteiger partial charge on any atom is 0.309 e. The summed E-state index contributed by atoms with van der Waals surface area (Å²) >= 11 is 0. The van der Waals surface area contributed by atoms with Crippen molar-refractivity contribution in [1.82, 2.24) is 0 Å². The van der Waals surface area contributed by atoms with Gasteiger partial charge in [0.05, 0.1) is 5.41 Å². The van der Waals surface area contributed by atoms with Crippen LogP contribution in [0.5, 0.6) is 0 Å². The van der Waals surface area contributed by atoms with Crippen LogP contribution in [-0.2, 0) is 14.3 Å². The van der Waals surface area contributed by atoms with Crippen LogP contribution in [0, 0.1) is 22.7 Å². The highest BCUT2D eigenvalue weighted by Crippen LogP contribution is 2.58. The van der Waals surface area contributed by atoms with Gasteiger partial charge in [0.1, 0.15) is 6.61 Å². The second-order valence-electron chi connectivity index (χ2n) is 8.96. The zero-order valence-corrected chi connectivity index (χ0v) is 17.6. The van der Waals surface area contributed by atoms with Crippen molar-refractivity contribution in [3.05, 3.63) is 23.3 Å². The summed E-state index contributed by atoms with van der Waals surface area (Å²) in [7, 11) is 0. The van der Waals surface area contributed by atoms with E-state index in [0.29, 0.717) is 18.9 Å². The minimum absolute atomic E-state index is 0.0369. The SMILES string of the molecule is CCC(=O)OCC=C(C)CCC1(C)C2=CCCC(C)(C(=O)O)C2CCC1C. The summed E-state index contributed by atoms with van der Waals surface area (Å²) in [6.45, 7) is 10.8. The minimum atomic E-state index is -0.649. The van der Waals surface area contributed by atoms with E-state index in [2.05, 4.69) is 26.8 Å². The first-order valence-corrected chi connectivity index (χ1v) is 10.4. The maximum absolute atomic E-state index is 12.0. The van der Waals surface area contributed by atoms with E-state index in [1.807, 2.05) is 13.0 Å². The van der Waals surface area contributed by atoms with Gasteiger partial charge in [-0.05, 0) is 75.7 Å². The number of carboxylic acid groups (broad SMARTS) is 1. The molecule has 4 unspecified atom stereocenters. The Morgan fingerprint density at radius 2 is 2.04 bits per heavy atom. The Bertz CT molecular complexity index is 632. The van der Waals surface area contributed by atoms with Crippen molar-refractivity contribution >= 4 is 11.9 Å². The maximum atomic E-state index is 12.0. The topological polar surface area (TPSA) is 63.6 Å². The normalized spacial score (nSPS) is 33.8. The third-order valence-electron chi connectivity index (χ3n) is 7.30. The Kier molecular flexibility index (Phi) is 6.93. The van der Waals surface area contributed by atoms with Crippen molar-refractivity contribution in [3.63, 3.8) is 0 Å². The molecule has 0 aromatic heterocycles. The highest BCUT2D eigenvalue weighted by Gasteiger charge is 2.52. The van der Waals surface area contributed by atoms with E-state index >= 15 is 0 Å². The van der Waals surface area contributed by atoms with Gasteiger partial charge in [0.15, 0.2) is 0 Å². The molecule has 0 radical (unpaired) electrons. The second-order valence-corrected chi connectivity index (χ2v) is 8.96. The lowest BCUT2D eigenvalue weighted by molar-refractivity contribution is -0.153. The molecule has 0 spiro atoms. The fraction of sp³-hybridized carbons (Fsp3) is 0.739. The van der Waals surface area contributed by atoms with E-state index in [-0.39, 0.29) is 17.3 Å². The molecule has 0 bridgehead atoms. The summed E-state index contributed by atoms with van der Waals surface area (Å²) in [5.41, 5.74) is 2.01. The van der Waals surface area contributed by atoms with E-state index in [9.17, 15) is 14.7 Å². The van der Waals surface area contributed by atoms with Gasteiger partial charge in [-0.15, -0.1) is 0 Å². The summed E-state index contributed by atoms with van der Waals surface area (Å²) in [5, 5.41) is 9.88. The van der Waals surface area contributed by atoms with Gasteiger partial charge in [0, 0.05) is 6.42 Å². The predicted molar refractivity (Wildman–Crippen MR) is 107 cm³/mol. The predicted octanol–water partition coefficient (Wildman–Crippen LogP) is 5.53. The molecule has 2 aliphatic rings. The Morgan fingerprint density at radius 1 is 1.33 bits per heavy atom. The van der Waals surface area contributed by atoms with Crippen molar-refractivity contribution in [2.75, 3.05) is 6.61 Å². The van der Waals surface area contributed by atoms with Gasteiger partial charge in [-0.1, -0.05) is 38.0 Å². The minimum Gasteiger partial charge on any atom is -0.481 e. The number of allylic oxidation sites excluding steroid dienone is 3. The molecule has 2 rings (SSSR count). The molecule has 4 nitrogen and oxygen atoms in total. The third kappa shape index (κ3) is 4.47. The van der Waals surface area contributed by atoms with Crippen LogP contribution in [0.3, 0.4) is 0 Å². The molecule has 0 amide bonds. The van der Waals surface area contributed by atoms with Crippen LogP contribution < -0.4 is 0 Å². The number of ether oxygens (including phenoxy) is 1. The molecule has 2 aliphatic carbocycles. The van der Waals surface area contributed by atoms with E-state index in [0.717, 1.165) is 38.5 Å². The Morgan fingerprint density at radius 3 is 2.67 bits per heavy atom. The third-order valence-corrected chi connectivity index (χ3v) is 7.30. The lowest BCUT2D eigenvalue weighted by Crippen LogP contribution is -2.47. The summed E-state index contributed by atoms with van der Waals surface area (Å²) < 4.78 is 5.15. The monoisotopic (exact) mass is 376 g/mol. The van der Waals surface area contributed by atoms with Gasteiger partial charge >= 0.3 is 11.9 Å². The number of esters is 1. The molecule has 0 heterocycles. The number of fused-ring (bicyclic) bond motifs is 1. The molecule has 1 fully saturated rings. The fourth-order valence-electron chi connectivity index (χ4n) is 4.90. The zero-order chi connectivity index (χ0) is 20.2. The molecule has 1 N–H and O–H groups in total. The summed E-state index contributed by atoms with van der Waals surface area (Å²) in [5.74, 6) is -0.125. The Balaban J connectivity index is 2.12. The van der Waals surface area contributed by atoms with E-state index in [1.54, 1.807) is 6.92 Å². The first kappa shape index (κ1) is 21.7. The van der Waals surface area contributed by atoms with Gasteiger partial charge in [0.2, 0.25) is 0 Å². The number of carboxylic acids is 1. The van der Waals surface area contributed by atoms with Gasteiger partial charge in [-0.2, -0.15) is 0 Å². The second kappa shape index (κ2) is 8.62. The molecule has 0 aliphatic heterocycles. The molecule has 1 saturated carbocycles. The summed E-state index contributed by atoms with van der Waals surface area (Å²) in [6, 6.07) is 0. The summed E-state index contributed by atoms with van der Waals surface area (Å²) in [6.07, 6.45) is 10.4. The molecule has 0 saturated heterocycles. The quantitative estimate of drug-likeness (QED) is 0.469.